The maximum absolute atomic E-state index is 4.30. The number of fused-ring (bicyclic) bond motifs is 1. The quantitative estimate of drug-likeness (QED) is 0.744. The van der Waals surface area contributed by atoms with Gasteiger partial charge in [0.05, 0.1) is 29.0 Å². The van der Waals surface area contributed by atoms with Crippen LogP contribution in [0.2, 0.25) is 0 Å². The highest BCUT2D eigenvalue weighted by Gasteiger charge is 2.07. The zero-order valence-electron chi connectivity index (χ0n) is 9.34. The molecular weight excluding hydrogens is 232 g/mol. The fourth-order valence-electron chi connectivity index (χ4n) is 1.79. The molecule has 0 aliphatic rings. The summed E-state index contributed by atoms with van der Waals surface area (Å²) in [6.45, 7) is 2.10. The minimum atomic E-state index is 0.210. The third kappa shape index (κ3) is 2.01. The summed E-state index contributed by atoms with van der Waals surface area (Å²) in [7, 11) is 0. The van der Waals surface area contributed by atoms with Crippen LogP contribution in [0.1, 0.15) is 18.7 Å². The summed E-state index contributed by atoms with van der Waals surface area (Å²) in [4.78, 5) is 4.30. The van der Waals surface area contributed by atoms with Crippen LogP contribution in [0.15, 0.2) is 35.3 Å². The smallest absolute Gasteiger partial charge is 0.0795 e. The van der Waals surface area contributed by atoms with Crippen LogP contribution in [0.3, 0.4) is 0 Å². The summed E-state index contributed by atoms with van der Waals surface area (Å²) >= 11 is 1.62. The van der Waals surface area contributed by atoms with Gasteiger partial charge in [-0.15, -0.1) is 11.3 Å². The number of thiazole rings is 1. The maximum Gasteiger partial charge on any atom is 0.0795 e. The molecule has 17 heavy (non-hydrogen) atoms. The molecule has 3 rings (SSSR count). The normalized spacial score (nSPS) is 12.8. The van der Waals surface area contributed by atoms with Gasteiger partial charge in [0, 0.05) is 16.5 Å². The highest BCUT2D eigenvalue weighted by atomic mass is 32.1. The third-order valence-corrected chi connectivity index (χ3v) is 3.32. The molecule has 2 N–H and O–H groups in total. The van der Waals surface area contributed by atoms with Crippen molar-refractivity contribution in [1.82, 2.24) is 15.2 Å². The molecule has 2 heterocycles. The number of nitrogens with one attached hydrogen (secondary N) is 2. The molecule has 4 nitrogen and oxygen atoms in total. The Morgan fingerprint density at radius 1 is 1.41 bits per heavy atom. The molecule has 5 heteroatoms. The molecule has 1 aromatic carbocycles. The lowest BCUT2D eigenvalue weighted by molar-refractivity contribution is 0.850. The van der Waals surface area contributed by atoms with E-state index in [0.29, 0.717) is 0 Å². The molecule has 0 aliphatic carbocycles. The van der Waals surface area contributed by atoms with Gasteiger partial charge in [-0.3, -0.25) is 5.10 Å². The SMILES string of the molecule is CC(Nc1ccc2cn[nH]c2c1)c1cscn1. The monoisotopic (exact) mass is 244 g/mol. The van der Waals surface area contributed by atoms with Gasteiger partial charge in [0.15, 0.2) is 0 Å². The van der Waals surface area contributed by atoms with E-state index in [1.807, 2.05) is 11.7 Å². The van der Waals surface area contributed by atoms with Crippen molar-refractivity contribution in [2.75, 3.05) is 5.32 Å². The molecule has 0 amide bonds. The number of benzene rings is 1. The number of H-pyrrole nitrogens is 1. The van der Waals surface area contributed by atoms with E-state index < -0.39 is 0 Å². The lowest BCUT2D eigenvalue weighted by atomic mass is 10.2. The van der Waals surface area contributed by atoms with Crippen molar-refractivity contribution in [1.29, 1.82) is 0 Å². The second-order valence-electron chi connectivity index (χ2n) is 3.95. The molecule has 0 aliphatic heterocycles. The first-order valence-corrected chi connectivity index (χ1v) is 6.35. The van der Waals surface area contributed by atoms with Crippen LogP contribution in [0.4, 0.5) is 5.69 Å². The Morgan fingerprint density at radius 2 is 2.35 bits per heavy atom. The Bertz CT molecular complexity index is 614. The highest BCUT2D eigenvalue weighted by Crippen LogP contribution is 2.22. The molecule has 0 saturated carbocycles. The van der Waals surface area contributed by atoms with Crippen molar-refractivity contribution in [2.24, 2.45) is 0 Å². The molecular formula is C12H12N4S. The minimum Gasteiger partial charge on any atom is -0.377 e. The molecule has 0 saturated heterocycles. The van der Waals surface area contributed by atoms with E-state index >= 15 is 0 Å². The van der Waals surface area contributed by atoms with Gasteiger partial charge in [-0.1, -0.05) is 0 Å². The first kappa shape index (κ1) is 10.3. The summed E-state index contributed by atoms with van der Waals surface area (Å²) in [6, 6.07) is 6.38. The van der Waals surface area contributed by atoms with E-state index in [1.54, 1.807) is 11.3 Å². The maximum atomic E-state index is 4.30. The summed E-state index contributed by atoms with van der Waals surface area (Å²) in [5, 5.41) is 13.6. The van der Waals surface area contributed by atoms with Crippen LogP contribution in [0.5, 0.6) is 0 Å². The van der Waals surface area contributed by atoms with Crippen LogP contribution in [0, 0.1) is 0 Å². The van der Waals surface area contributed by atoms with Crippen molar-refractivity contribution < 1.29 is 0 Å². The predicted molar refractivity (Wildman–Crippen MR) is 70.2 cm³/mol. The molecule has 1 atom stereocenters. The Kier molecular flexibility index (Phi) is 2.53. The molecule has 0 spiro atoms. The second kappa shape index (κ2) is 4.18. The van der Waals surface area contributed by atoms with E-state index in [2.05, 4.69) is 51.0 Å². The van der Waals surface area contributed by atoms with Gasteiger partial charge in [0.2, 0.25) is 0 Å². The number of aromatic amines is 1. The fraction of sp³-hybridized carbons (Fsp3) is 0.167. The van der Waals surface area contributed by atoms with Crippen LogP contribution < -0.4 is 5.32 Å². The average Bonchev–Trinajstić information content (AvgIpc) is 2.99. The van der Waals surface area contributed by atoms with Crippen LogP contribution >= 0.6 is 11.3 Å². The number of rotatable bonds is 3. The van der Waals surface area contributed by atoms with E-state index in [-0.39, 0.29) is 6.04 Å². The van der Waals surface area contributed by atoms with E-state index in [4.69, 9.17) is 0 Å². The number of nitrogens with zero attached hydrogens (tertiary/aromatic N) is 2. The Labute approximate surface area is 103 Å². The lowest BCUT2D eigenvalue weighted by Gasteiger charge is -2.12. The van der Waals surface area contributed by atoms with Gasteiger partial charge in [-0.25, -0.2) is 4.98 Å². The number of anilines is 1. The molecule has 0 bridgehead atoms. The number of aromatic nitrogens is 3. The second-order valence-corrected chi connectivity index (χ2v) is 4.67. The highest BCUT2D eigenvalue weighted by molar-refractivity contribution is 7.07. The van der Waals surface area contributed by atoms with E-state index in [9.17, 15) is 0 Å². The van der Waals surface area contributed by atoms with Gasteiger partial charge < -0.3 is 5.32 Å². The molecule has 86 valence electrons. The van der Waals surface area contributed by atoms with Crippen LogP contribution in [-0.4, -0.2) is 15.2 Å². The van der Waals surface area contributed by atoms with Gasteiger partial charge in [0.1, 0.15) is 0 Å². The summed E-state index contributed by atoms with van der Waals surface area (Å²) in [5.74, 6) is 0. The molecule has 0 fully saturated rings. The average molecular weight is 244 g/mol. The van der Waals surface area contributed by atoms with Crippen molar-refractivity contribution in [3.63, 3.8) is 0 Å². The minimum absolute atomic E-state index is 0.210. The Morgan fingerprint density at radius 3 is 3.18 bits per heavy atom. The topological polar surface area (TPSA) is 53.6 Å². The zero-order valence-corrected chi connectivity index (χ0v) is 10.2. The third-order valence-electron chi connectivity index (χ3n) is 2.72. The van der Waals surface area contributed by atoms with Crippen molar-refractivity contribution >= 4 is 27.9 Å². The fourth-order valence-corrected chi connectivity index (χ4v) is 2.43. The van der Waals surface area contributed by atoms with Gasteiger partial charge in [0.25, 0.3) is 0 Å². The van der Waals surface area contributed by atoms with Crippen LogP contribution in [-0.2, 0) is 0 Å². The first-order valence-electron chi connectivity index (χ1n) is 5.41. The predicted octanol–water partition coefficient (Wildman–Crippen LogP) is 3.19. The summed E-state index contributed by atoms with van der Waals surface area (Å²) < 4.78 is 0. The van der Waals surface area contributed by atoms with E-state index in [1.165, 1.54) is 0 Å². The Balaban J connectivity index is 1.84. The van der Waals surface area contributed by atoms with Gasteiger partial charge in [-0.2, -0.15) is 5.10 Å². The lowest BCUT2D eigenvalue weighted by Crippen LogP contribution is -2.06. The molecule has 1 unspecified atom stereocenters. The number of hydrogen-bond donors (Lipinski definition) is 2. The van der Waals surface area contributed by atoms with Crippen LogP contribution in [0.25, 0.3) is 10.9 Å². The Hall–Kier alpha value is -1.88. The van der Waals surface area contributed by atoms with Gasteiger partial charge >= 0.3 is 0 Å². The summed E-state index contributed by atoms with van der Waals surface area (Å²) in [5.41, 5.74) is 5.04. The molecule has 3 aromatic rings. The largest absolute Gasteiger partial charge is 0.377 e. The van der Waals surface area contributed by atoms with Crippen molar-refractivity contribution in [2.45, 2.75) is 13.0 Å². The molecule has 0 radical (unpaired) electrons. The van der Waals surface area contributed by atoms with Gasteiger partial charge in [-0.05, 0) is 25.1 Å². The first-order chi connectivity index (χ1) is 8.33. The zero-order chi connectivity index (χ0) is 11.7. The van der Waals surface area contributed by atoms with E-state index in [0.717, 1.165) is 22.3 Å². The van der Waals surface area contributed by atoms with Crippen molar-refractivity contribution in [3.8, 4) is 0 Å². The molecule has 2 aromatic heterocycles. The van der Waals surface area contributed by atoms with Crippen molar-refractivity contribution in [3.05, 3.63) is 41.0 Å². The summed E-state index contributed by atoms with van der Waals surface area (Å²) in [6.07, 6.45) is 1.82. The standard InChI is InChI=1S/C12H12N4S/c1-8(12-6-17-7-13-12)15-10-3-2-9-5-14-16-11(9)4-10/h2-8,15H,1H3,(H,14,16). The number of hydrogen-bond acceptors (Lipinski definition) is 4.